The first-order valence-electron chi connectivity index (χ1n) is 6.72. The van der Waals surface area contributed by atoms with E-state index in [0.717, 1.165) is 5.56 Å². The molecule has 0 aliphatic rings. The summed E-state index contributed by atoms with van der Waals surface area (Å²) < 4.78 is 27.5. The molecule has 20 heavy (non-hydrogen) atoms. The van der Waals surface area contributed by atoms with E-state index in [1.165, 1.54) is 0 Å². The summed E-state index contributed by atoms with van der Waals surface area (Å²) in [4.78, 5) is 2.25. The van der Waals surface area contributed by atoms with Gasteiger partial charge in [0.2, 0.25) is 10.0 Å². The number of benzene rings is 1. The minimum Gasteiger partial charge on any atom is -0.326 e. The molecule has 3 N–H and O–H groups in total. The van der Waals surface area contributed by atoms with Crippen LogP contribution in [0.2, 0.25) is 0 Å². The van der Waals surface area contributed by atoms with Gasteiger partial charge < -0.3 is 10.6 Å². The summed E-state index contributed by atoms with van der Waals surface area (Å²) in [6, 6.07) is 6.55. The van der Waals surface area contributed by atoms with E-state index in [2.05, 4.69) is 4.72 Å². The Balaban J connectivity index is 2.91. The van der Waals surface area contributed by atoms with Crippen LogP contribution in [0.4, 0.5) is 0 Å². The van der Waals surface area contributed by atoms with Crippen LogP contribution < -0.4 is 10.5 Å². The number of sulfonamides is 1. The van der Waals surface area contributed by atoms with Crippen molar-refractivity contribution in [2.24, 2.45) is 11.7 Å². The van der Waals surface area contributed by atoms with Crippen LogP contribution in [0.5, 0.6) is 0 Å². The molecule has 0 fully saturated rings. The Morgan fingerprint density at radius 1 is 1.20 bits per heavy atom. The highest BCUT2D eigenvalue weighted by molar-refractivity contribution is 7.89. The quantitative estimate of drug-likeness (QED) is 0.788. The van der Waals surface area contributed by atoms with E-state index in [1.54, 1.807) is 24.3 Å². The van der Waals surface area contributed by atoms with Gasteiger partial charge in [-0.15, -0.1) is 0 Å². The van der Waals surface area contributed by atoms with Gasteiger partial charge in [0.1, 0.15) is 0 Å². The first-order chi connectivity index (χ1) is 9.26. The molecule has 0 heterocycles. The molecule has 1 aromatic rings. The molecule has 0 spiro atoms. The molecule has 5 nitrogen and oxygen atoms in total. The highest BCUT2D eigenvalue weighted by Crippen LogP contribution is 2.13. The third-order valence-corrected chi connectivity index (χ3v) is 4.65. The van der Waals surface area contributed by atoms with Gasteiger partial charge in [-0.3, -0.25) is 0 Å². The summed E-state index contributed by atoms with van der Waals surface area (Å²) in [5, 5.41) is 0. The Labute approximate surface area is 122 Å². The van der Waals surface area contributed by atoms with Gasteiger partial charge in [-0.1, -0.05) is 26.0 Å². The molecule has 0 amide bonds. The fraction of sp³-hybridized carbons (Fsp3) is 0.571. The smallest absolute Gasteiger partial charge is 0.240 e. The van der Waals surface area contributed by atoms with Gasteiger partial charge in [0.15, 0.2) is 0 Å². The Morgan fingerprint density at radius 3 is 2.15 bits per heavy atom. The lowest BCUT2D eigenvalue weighted by atomic mass is 10.1. The first-order valence-corrected chi connectivity index (χ1v) is 8.20. The molecule has 0 radical (unpaired) electrons. The average molecular weight is 299 g/mol. The van der Waals surface area contributed by atoms with Gasteiger partial charge in [-0.05, 0) is 37.7 Å². The second kappa shape index (κ2) is 7.17. The number of nitrogens with two attached hydrogens (primary N) is 1. The highest BCUT2D eigenvalue weighted by Gasteiger charge is 2.22. The molecule has 0 saturated heterocycles. The van der Waals surface area contributed by atoms with Gasteiger partial charge in [0.05, 0.1) is 4.90 Å². The van der Waals surface area contributed by atoms with Crippen LogP contribution in [0.3, 0.4) is 0 Å². The number of hydrogen-bond acceptors (Lipinski definition) is 4. The van der Waals surface area contributed by atoms with E-state index in [1.807, 2.05) is 32.8 Å². The minimum atomic E-state index is -3.49. The number of likely N-dealkylation sites (N-methyl/N-ethyl adjacent to an activating group) is 1. The van der Waals surface area contributed by atoms with Gasteiger partial charge in [-0.2, -0.15) is 0 Å². The van der Waals surface area contributed by atoms with E-state index < -0.39 is 10.0 Å². The van der Waals surface area contributed by atoms with Crippen LogP contribution in [-0.4, -0.2) is 40.0 Å². The zero-order valence-electron chi connectivity index (χ0n) is 12.6. The number of nitrogens with one attached hydrogen (secondary N) is 1. The minimum absolute atomic E-state index is 0.121. The predicted molar refractivity (Wildman–Crippen MR) is 81.8 cm³/mol. The zero-order chi connectivity index (χ0) is 15.3. The van der Waals surface area contributed by atoms with Crippen LogP contribution in [0, 0.1) is 5.92 Å². The third-order valence-electron chi connectivity index (χ3n) is 3.14. The van der Waals surface area contributed by atoms with Crippen LogP contribution in [0.15, 0.2) is 29.2 Å². The van der Waals surface area contributed by atoms with Gasteiger partial charge in [0.25, 0.3) is 0 Å². The molecule has 0 saturated carbocycles. The maximum Gasteiger partial charge on any atom is 0.240 e. The SMILES string of the molecule is CC(C)C(CN(C)C)NS(=O)(=O)c1ccc(CN)cc1. The maximum absolute atomic E-state index is 12.4. The molecular formula is C14H25N3O2S. The lowest BCUT2D eigenvalue weighted by Crippen LogP contribution is -2.44. The van der Waals surface area contributed by atoms with Crippen molar-refractivity contribution in [3.63, 3.8) is 0 Å². The fourth-order valence-electron chi connectivity index (χ4n) is 1.85. The lowest BCUT2D eigenvalue weighted by Gasteiger charge is -2.25. The molecule has 1 aromatic carbocycles. The number of rotatable bonds is 7. The molecule has 1 unspecified atom stereocenters. The zero-order valence-corrected chi connectivity index (χ0v) is 13.4. The molecule has 114 valence electrons. The summed E-state index contributed by atoms with van der Waals surface area (Å²) in [5.74, 6) is 0.218. The summed E-state index contributed by atoms with van der Waals surface area (Å²) in [7, 11) is 0.368. The number of hydrogen-bond donors (Lipinski definition) is 2. The molecule has 1 rings (SSSR count). The van der Waals surface area contributed by atoms with Crippen LogP contribution >= 0.6 is 0 Å². The van der Waals surface area contributed by atoms with E-state index in [4.69, 9.17) is 5.73 Å². The molecule has 0 aliphatic carbocycles. The second-order valence-electron chi connectivity index (χ2n) is 5.58. The maximum atomic E-state index is 12.4. The van der Waals surface area contributed by atoms with Crippen molar-refractivity contribution in [2.75, 3.05) is 20.6 Å². The normalized spacial score (nSPS) is 13.9. The molecule has 0 aromatic heterocycles. The molecule has 1 atom stereocenters. The van der Waals surface area contributed by atoms with Crippen molar-refractivity contribution >= 4 is 10.0 Å². The third kappa shape index (κ3) is 4.86. The largest absolute Gasteiger partial charge is 0.326 e. The van der Waals surface area contributed by atoms with Crippen LogP contribution in [0.1, 0.15) is 19.4 Å². The van der Waals surface area contributed by atoms with Crippen molar-refractivity contribution in [2.45, 2.75) is 31.3 Å². The lowest BCUT2D eigenvalue weighted by molar-refractivity contribution is 0.314. The molecular weight excluding hydrogens is 274 g/mol. The van der Waals surface area contributed by atoms with Crippen molar-refractivity contribution in [3.05, 3.63) is 29.8 Å². The van der Waals surface area contributed by atoms with Gasteiger partial charge >= 0.3 is 0 Å². The Morgan fingerprint density at radius 2 is 1.75 bits per heavy atom. The summed E-state index contributed by atoms with van der Waals surface area (Å²) in [6.45, 7) is 5.09. The highest BCUT2D eigenvalue weighted by atomic mass is 32.2. The Kier molecular flexibility index (Phi) is 6.13. The van der Waals surface area contributed by atoms with Crippen molar-refractivity contribution in [1.29, 1.82) is 0 Å². The summed E-state index contributed by atoms with van der Waals surface area (Å²) >= 11 is 0. The summed E-state index contributed by atoms with van der Waals surface area (Å²) in [5.41, 5.74) is 6.43. The second-order valence-corrected chi connectivity index (χ2v) is 7.30. The first kappa shape index (κ1) is 17.1. The topological polar surface area (TPSA) is 75.4 Å². The molecule has 0 aliphatic heterocycles. The van der Waals surface area contributed by atoms with Crippen LogP contribution in [-0.2, 0) is 16.6 Å². The molecule has 0 bridgehead atoms. The van der Waals surface area contributed by atoms with Crippen molar-refractivity contribution in [3.8, 4) is 0 Å². The van der Waals surface area contributed by atoms with E-state index >= 15 is 0 Å². The van der Waals surface area contributed by atoms with Crippen molar-refractivity contribution in [1.82, 2.24) is 9.62 Å². The number of nitrogens with zero attached hydrogens (tertiary/aromatic N) is 1. The molecule has 6 heteroatoms. The van der Waals surface area contributed by atoms with Gasteiger partial charge in [0, 0.05) is 19.1 Å². The van der Waals surface area contributed by atoms with E-state index in [9.17, 15) is 8.42 Å². The standard InChI is InChI=1S/C14H25N3O2S/c1-11(2)14(10-17(3)4)16-20(18,19)13-7-5-12(9-15)6-8-13/h5-8,11,14,16H,9-10,15H2,1-4H3. The summed E-state index contributed by atoms with van der Waals surface area (Å²) in [6.07, 6.45) is 0. The van der Waals surface area contributed by atoms with E-state index in [-0.39, 0.29) is 16.9 Å². The Bertz CT molecular complexity index is 510. The van der Waals surface area contributed by atoms with E-state index in [0.29, 0.717) is 13.1 Å². The predicted octanol–water partition coefficient (Wildman–Crippen LogP) is 1.01. The van der Waals surface area contributed by atoms with Gasteiger partial charge in [-0.25, -0.2) is 13.1 Å². The fourth-order valence-corrected chi connectivity index (χ4v) is 3.23. The van der Waals surface area contributed by atoms with Crippen LogP contribution in [0.25, 0.3) is 0 Å². The van der Waals surface area contributed by atoms with Crippen molar-refractivity contribution < 1.29 is 8.42 Å². The monoisotopic (exact) mass is 299 g/mol. The Hall–Kier alpha value is -0.950. The average Bonchev–Trinajstić information content (AvgIpc) is 2.37.